The zero-order chi connectivity index (χ0) is 40.0. The van der Waals surface area contributed by atoms with Crippen LogP contribution in [0.5, 0.6) is 17.2 Å². The van der Waals surface area contributed by atoms with Crippen LogP contribution < -0.4 is 25.7 Å². The van der Waals surface area contributed by atoms with Crippen LogP contribution in [0.4, 0.5) is 27.1 Å². The molecule has 12 heteroatoms. The molecule has 52 heavy (non-hydrogen) atoms. The molecule has 0 aliphatic rings. The van der Waals surface area contributed by atoms with E-state index in [1.807, 2.05) is 24.3 Å². The second kappa shape index (κ2) is 40.0. The third-order valence-corrected chi connectivity index (χ3v) is 4.55. The monoisotopic (exact) mass is 732 g/mol. The van der Waals surface area contributed by atoms with Crippen LogP contribution in [0.25, 0.3) is 0 Å². The molecular weight excluding hydrogens is 667 g/mol. The zero-order valence-corrected chi connectivity index (χ0v) is 32.4. The Kier molecular flexibility index (Phi) is 43.1. The van der Waals surface area contributed by atoms with Gasteiger partial charge in [-0.25, -0.2) is 4.39 Å². The first-order chi connectivity index (χ1) is 24.2. The third-order valence-electron chi connectivity index (χ3n) is 4.55. The highest BCUT2D eigenvalue weighted by Crippen LogP contribution is 2.16. The lowest BCUT2D eigenvalue weighted by Crippen LogP contribution is -1.87. The Bertz CT molecular complexity index is 1290. The van der Waals surface area contributed by atoms with Gasteiger partial charge in [0, 0.05) is 35.6 Å². The topological polar surface area (TPSA) is 166 Å². The molecule has 0 unspecified atom stereocenters. The van der Waals surface area contributed by atoms with Crippen LogP contribution in [0.15, 0.2) is 97.1 Å². The van der Waals surface area contributed by atoms with Crippen LogP contribution in [0.1, 0.15) is 88.5 Å². The van der Waals surface area contributed by atoms with Gasteiger partial charge in [-0.15, -0.1) is 0 Å². The van der Waals surface area contributed by atoms with Gasteiger partial charge >= 0.3 is 0 Å². The third kappa shape index (κ3) is 35.9. The Labute approximate surface area is 312 Å². The minimum Gasteiger partial charge on any atom is -0.497 e. The molecule has 4 aromatic rings. The van der Waals surface area contributed by atoms with Gasteiger partial charge in [-0.2, -0.15) is 0 Å². The number of ether oxygens (including phenoxy) is 3. The summed E-state index contributed by atoms with van der Waals surface area (Å²) in [4.78, 5) is 19.1. The average molecular weight is 733 g/mol. The van der Waals surface area contributed by atoms with Crippen molar-refractivity contribution in [3.05, 3.63) is 123 Å². The molecule has 0 radical (unpaired) electrons. The molecule has 0 aromatic heterocycles. The van der Waals surface area contributed by atoms with Crippen molar-refractivity contribution in [2.24, 2.45) is 0 Å². The molecular formula is C40H65FN4O7. The van der Waals surface area contributed by atoms with Gasteiger partial charge in [-0.05, 0) is 72.8 Å². The van der Waals surface area contributed by atoms with E-state index in [4.69, 9.17) is 25.7 Å². The Morgan fingerprint density at radius 1 is 0.481 bits per heavy atom. The van der Waals surface area contributed by atoms with E-state index in [0.29, 0.717) is 5.75 Å². The number of anilines is 2. The van der Waals surface area contributed by atoms with Crippen molar-refractivity contribution in [1.29, 1.82) is 0 Å². The molecule has 0 saturated heterocycles. The lowest BCUT2D eigenvalue weighted by molar-refractivity contribution is -0.385. The van der Waals surface area contributed by atoms with Crippen molar-refractivity contribution in [3.8, 4) is 17.2 Å². The van der Waals surface area contributed by atoms with Crippen LogP contribution in [-0.4, -0.2) is 31.2 Å². The van der Waals surface area contributed by atoms with Crippen molar-refractivity contribution in [2.45, 2.75) is 88.5 Å². The second-order valence-electron chi connectivity index (χ2n) is 10.1. The summed E-state index contributed by atoms with van der Waals surface area (Å²) in [6, 6.07) is 24.8. The molecule has 0 atom stereocenters. The number of halogens is 1. The molecule has 0 fully saturated rings. The van der Waals surface area contributed by atoms with E-state index >= 15 is 0 Å². The lowest BCUT2D eigenvalue weighted by atomic mass is 10.3. The number of rotatable bonds is 5. The normalized spacial score (nSPS) is 8.23. The van der Waals surface area contributed by atoms with E-state index in [2.05, 4.69) is 55.4 Å². The first-order valence-corrected chi connectivity index (χ1v) is 16.7. The fourth-order valence-electron chi connectivity index (χ4n) is 2.47. The Morgan fingerprint density at radius 3 is 0.865 bits per heavy atom. The van der Waals surface area contributed by atoms with Gasteiger partial charge in [0.25, 0.3) is 11.4 Å². The number of benzene rings is 4. The summed E-state index contributed by atoms with van der Waals surface area (Å²) in [6.07, 6.45) is 5.00. The first kappa shape index (κ1) is 56.0. The molecule has 0 saturated carbocycles. The van der Waals surface area contributed by atoms with E-state index in [0.717, 1.165) is 47.1 Å². The summed E-state index contributed by atoms with van der Waals surface area (Å²) in [5.74, 6) is 1.83. The van der Waals surface area contributed by atoms with Crippen LogP contribution in [0.3, 0.4) is 0 Å². The van der Waals surface area contributed by atoms with Gasteiger partial charge < -0.3 is 25.7 Å². The summed E-state index contributed by atoms with van der Waals surface area (Å²) in [7, 11) is 4.78. The number of methoxy groups -OCH3 is 3. The number of non-ortho nitro benzene ring substituents is 2. The molecule has 0 aliphatic heterocycles. The Morgan fingerprint density at radius 2 is 0.673 bits per heavy atom. The molecule has 0 amide bonds. The molecule has 0 aliphatic carbocycles. The molecule has 294 valence electrons. The minimum atomic E-state index is -0.570. The molecule has 11 nitrogen and oxygen atoms in total. The molecule has 4 rings (SSSR count). The highest BCUT2D eigenvalue weighted by Gasteiger charge is 2.03. The fraction of sp³-hybridized carbons (Fsp3) is 0.400. The van der Waals surface area contributed by atoms with Crippen LogP contribution >= 0.6 is 0 Å². The molecule has 0 heterocycles. The second-order valence-corrected chi connectivity index (χ2v) is 10.1. The number of nitro benzene ring substituents is 2. The summed E-state index contributed by atoms with van der Waals surface area (Å²) in [5, 5.41) is 20.2. The summed E-state index contributed by atoms with van der Waals surface area (Å²) in [5.41, 5.74) is 12.4. The van der Waals surface area contributed by atoms with Gasteiger partial charge in [-0.1, -0.05) is 88.5 Å². The standard InChI is InChI=1S/C7H7NO3.2C7H9NO.C6H4FNO2.4C3H8.CH4/c1-11-7-4-2-6(3-5-7)8(9)10;2*1-9-7-4-2-6(8)3-5-7;7-5-1-3-6(4-2-5)8(9)10;4*1-3-2;/h2-5H,1H3;2*2-5H,8H2,1H3;1-4H;4*3H2,1-2H3;1H4. The van der Waals surface area contributed by atoms with Crippen LogP contribution in [-0.2, 0) is 0 Å². The van der Waals surface area contributed by atoms with Crippen molar-refractivity contribution in [1.82, 2.24) is 0 Å². The number of hydrogen-bond donors (Lipinski definition) is 2. The van der Waals surface area contributed by atoms with E-state index in [1.54, 1.807) is 50.6 Å². The average Bonchev–Trinajstić information content (AvgIpc) is 3.11. The van der Waals surface area contributed by atoms with E-state index < -0.39 is 15.7 Å². The van der Waals surface area contributed by atoms with E-state index in [1.165, 1.54) is 44.9 Å². The van der Waals surface area contributed by atoms with E-state index in [-0.39, 0.29) is 18.8 Å². The fourth-order valence-corrected chi connectivity index (χ4v) is 2.47. The van der Waals surface area contributed by atoms with Gasteiger partial charge in [0.05, 0.1) is 31.2 Å². The van der Waals surface area contributed by atoms with Gasteiger partial charge in [0.15, 0.2) is 0 Å². The van der Waals surface area contributed by atoms with Gasteiger partial charge in [0.2, 0.25) is 0 Å². The number of nitrogens with two attached hydrogens (primary N) is 2. The first-order valence-electron chi connectivity index (χ1n) is 16.7. The maximum Gasteiger partial charge on any atom is 0.269 e. The highest BCUT2D eigenvalue weighted by molar-refractivity contribution is 5.42. The molecule has 0 bridgehead atoms. The number of nitro groups is 2. The molecule has 0 spiro atoms. The quantitative estimate of drug-likeness (QED) is 0.115. The summed E-state index contributed by atoms with van der Waals surface area (Å²) < 4.78 is 26.8. The maximum atomic E-state index is 12.1. The predicted molar refractivity (Wildman–Crippen MR) is 218 cm³/mol. The van der Waals surface area contributed by atoms with Crippen molar-refractivity contribution in [3.63, 3.8) is 0 Å². The maximum absolute atomic E-state index is 12.1. The van der Waals surface area contributed by atoms with Crippen molar-refractivity contribution < 1.29 is 28.4 Å². The Hall–Kier alpha value is -5.39. The SMILES string of the molecule is C.CCC.CCC.CCC.CCC.COc1ccc(N)cc1.COc1ccc(N)cc1.COc1ccc([N+](=O)[O-])cc1.O=[N+]([O-])c1ccc(F)cc1. The van der Waals surface area contributed by atoms with Crippen molar-refractivity contribution in [2.75, 3.05) is 32.8 Å². The number of nitrogens with zero attached hydrogens (tertiary/aromatic N) is 2. The van der Waals surface area contributed by atoms with Gasteiger partial charge in [-0.3, -0.25) is 20.2 Å². The lowest BCUT2D eigenvalue weighted by Gasteiger charge is -1.97. The predicted octanol–water partition coefficient (Wildman–Crippen LogP) is 12.2. The largest absolute Gasteiger partial charge is 0.497 e. The number of hydrogen-bond acceptors (Lipinski definition) is 9. The van der Waals surface area contributed by atoms with Gasteiger partial charge in [0.1, 0.15) is 23.1 Å². The highest BCUT2D eigenvalue weighted by atomic mass is 19.1. The minimum absolute atomic E-state index is 0. The van der Waals surface area contributed by atoms with Crippen LogP contribution in [0.2, 0.25) is 0 Å². The Balaban J connectivity index is -0.000000170. The molecule has 4 N–H and O–H groups in total. The van der Waals surface area contributed by atoms with Crippen LogP contribution in [0, 0.1) is 26.0 Å². The van der Waals surface area contributed by atoms with E-state index in [9.17, 15) is 24.6 Å². The summed E-state index contributed by atoms with van der Waals surface area (Å²) in [6.45, 7) is 17.0. The smallest absolute Gasteiger partial charge is 0.269 e. The zero-order valence-electron chi connectivity index (χ0n) is 32.4. The number of nitrogen functional groups attached to an aromatic ring is 2. The molecule has 4 aromatic carbocycles. The summed E-state index contributed by atoms with van der Waals surface area (Å²) >= 11 is 0. The van der Waals surface area contributed by atoms with Crippen molar-refractivity contribution >= 4 is 22.7 Å².